The zero-order chi connectivity index (χ0) is 23.8. The fraction of sp³-hybridized carbons (Fsp3) is 0.292. The molecule has 0 saturated carbocycles. The Bertz CT molecular complexity index is 1210. The number of hydrogen-bond donors (Lipinski definition) is 1. The van der Waals surface area contributed by atoms with E-state index < -0.39 is 0 Å². The molecule has 0 aliphatic heterocycles. The van der Waals surface area contributed by atoms with Gasteiger partial charge in [-0.3, -0.25) is 9.36 Å². The van der Waals surface area contributed by atoms with Crippen LogP contribution in [0, 0.1) is 0 Å². The Morgan fingerprint density at radius 1 is 1.12 bits per heavy atom. The minimum absolute atomic E-state index is 0.0372. The number of nitrogens with one attached hydrogen (secondary N) is 1. The number of carbonyl (C=O) groups excluding carboxylic acids is 1. The van der Waals surface area contributed by atoms with Gasteiger partial charge in [0, 0.05) is 18.7 Å². The van der Waals surface area contributed by atoms with E-state index >= 15 is 0 Å². The number of rotatable bonds is 11. The lowest BCUT2D eigenvalue weighted by Gasteiger charge is -2.06. The number of carbonyl (C=O) groups is 1. The Kier molecular flexibility index (Phi) is 7.92. The summed E-state index contributed by atoms with van der Waals surface area (Å²) in [6.45, 7) is 3.21. The van der Waals surface area contributed by atoms with Crippen LogP contribution < -0.4 is 10.1 Å². The third-order valence-electron chi connectivity index (χ3n) is 5.14. The SMILES string of the molecule is CCn1c(SCC(=O)NCCCc2ccccc2)nnc1-c1nc(-c2ccc(OC)cc2)no1. The van der Waals surface area contributed by atoms with E-state index in [0.717, 1.165) is 24.2 Å². The maximum absolute atomic E-state index is 12.3. The molecule has 0 bridgehead atoms. The lowest BCUT2D eigenvalue weighted by Crippen LogP contribution is -2.26. The number of aromatic nitrogens is 5. The molecule has 0 unspecified atom stereocenters. The van der Waals surface area contributed by atoms with E-state index in [-0.39, 0.29) is 17.6 Å². The zero-order valence-electron chi connectivity index (χ0n) is 19.1. The molecule has 176 valence electrons. The highest BCUT2D eigenvalue weighted by Crippen LogP contribution is 2.26. The standard InChI is InChI=1S/C24H26N6O3S/c1-3-30-22(23-26-21(29-33-23)18-11-13-19(32-2)14-12-18)27-28-24(30)34-16-20(31)25-15-7-10-17-8-5-4-6-9-17/h4-6,8-9,11-14H,3,7,10,15-16H2,1-2H3,(H,25,31). The molecule has 2 heterocycles. The topological polar surface area (TPSA) is 108 Å². The van der Waals surface area contributed by atoms with Gasteiger partial charge in [-0.25, -0.2) is 0 Å². The summed E-state index contributed by atoms with van der Waals surface area (Å²) in [5, 5.41) is 16.1. The molecule has 0 radical (unpaired) electrons. The van der Waals surface area contributed by atoms with Crippen LogP contribution in [0.15, 0.2) is 64.3 Å². The molecule has 0 atom stereocenters. The molecule has 0 fully saturated rings. The van der Waals surface area contributed by atoms with Gasteiger partial charge in [-0.1, -0.05) is 47.3 Å². The molecule has 4 rings (SSSR count). The van der Waals surface area contributed by atoms with Crippen molar-refractivity contribution < 1.29 is 14.1 Å². The molecule has 1 amide bonds. The lowest BCUT2D eigenvalue weighted by atomic mass is 10.1. The number of benzene rings is 2. The first-order valence-electron chi connectivity index (χ1n) is 11.0. The van der Waals surface area contributed by atoms with Gasteiger partial charge in [-0.15, -0.1) is 10.2 Å². The Balaban J connectivity index is 1.32. The van der Waals surface area contributed by atoms with Gasteiger partial charge in [0.05, 0.1) is 12.9 Å². The van der Waals surface area contributed by atoms with Crippen molar-refractivity contribution in [3.05, 3.63) is 60.2 Å². The van der Waals surface area contributed by atoms with Crippen LogP contribution in [0.25, 0.3) is 23.1 Å². The third kappa shape index (κ3) is 5.82. The predicted octanol–water partition coefficient (Wildman–Crippen LogP) is 3.86. The molecular weight excluding hydrogens is 452 g/mol. The second-order valence-corrected chi connectivity index (χ2v) is 8.37. The summed E-state index contributed by atoms with van der Waals surface area (Å²) < 4.78 is 12.5. The van der Waals surface area contributed by atoms with E-state index in [1.54, 1.807) is 7.11 Å². The first-order chi connectivity index (χ1) is 16.7. The summed E-state index contributed by atoms with van der Waals surface area (Å²) in [7, 11) is 1.62. The number of hydrogen-bond acceptors (Lipinski definition) is 8. The van der Waals surface area contributed by atoms with Crippen LogP contribution in [0.3, 0.4) is 0 Å². The monoisotopic (exact) mass is 478 g/mol. The van der Waals surface area contributed by atoms with Crippen molar-refractivity contribution in [1.29, 1.82) is 0 Å². The Hall–Kier alpha value is -3.66. The molecule has 2 aromatic carbocycles. The molecule has 9 nitrogen and oxygen atoms in total. The normalized spacial score (nSPS) is 10.9. The van der Waals surface area contributed by atoms with E-state index in [1.807, 2.05) is 54.0 Å². The number of amides is 1. The molecule has 4 aromatic rings. The maximum atomic E-state index is 12.3. The van der Waals surface area contributed by atoms with Gasteiger partial charge in [0.2, 0.25) is 17.6 Å². The molecule has 10 heteroatoms. The van der Waals surface area contributed by atoms with Gasteiger partial charge in [-0.2, -0.15) is 4.98 Å². The quantitative estimate of drug-likeness (QED) is 0.256. The molecule has 0 saturated heterocycles. The fourth-order valence-electron chi connectivity index (χ4n) is 3.36. The molecule has 2 aromatic heterocycles. The van der Waals surface area contributed by atoms with Gasteiger partial charge in [-0.05, 0) is 49.6 Å². The average molecular weight is 479 g/mol. The summed E-state index contributed by atoms with van der Waals surface area (Å²) in [5.41, 5.74) is 2.07. The highest BCUT2D eigenvalue weighted by molar-refractivity contribution is 7.99. The van der Waals surface area contributed by atoms with Crippen LogP contribution in [-0.2, 0) is 17.8 Å². The van der Waals surface area contributed by atoms with Gasteiger partial charge in [0.15, 0.2) is 5.16 Å². The molecule has 34 heavy (non-hydrogen) atoms. The Morgan fingerprint density at radius 2 is 1.91 bits per heavy atom. The molecule has 0 aliphatic rings. The predicted molar refractivity (Wildman–Crippen MR) is 129 cm³/mol. The second kappa shape index (κ2) is 11.5. The summed E-state index contributed by atoms with van der Waals surface area (Å²) >= 11 is 1.33. The number of thioether (sulfide) groups is 1. The zero-order valence-corrected chi connectivity index (χ0v) is 19.9. The van der Waals surface area contributed by atoms with Crippen molar-refractivity contribution in [1.82, 2.24) is 30.2 Å². The van der Waals surface area contributed by atoms with Crippen LogP contribution in [0.4, 0.5) is 0 Å². The van der Waals surface area contributed by atoms with Gasteiger partial charge in [0.25, 0.3) is 5.89 Å². The fourth-order valence-corrected chi connectivity index (χ4v) is 4.19. The number of methoxy groups -OCH3 is 1. The summed E-state index contributed by atoms with van der Waals surface area (Å²) in [5.74, 6) is 2.17. The van der Waals surface area contributed by atoms with Crippen LogP contribution in [0.1, 0.15) is 18.9 Å². The van der Waals surface area contributed by atoms with Crippen molar-refractivity contribution in [3.63, 3.8) is 0 Å². The van der Waals surface area contributed by atoms with Crippen LogP contribution in [-0.4, -0.2) is 50.2 Å². The van der Waals surface area contributed by atoms with Crippen LogP contribution in [0.5, 0.6) is 5.75 Å². The number of nitrogens with zero attached hydrogens (tertiary/aromatic N) is 5. The van der Waals surface area contributed by atoms with Gasteiger partial charge >= 0.3 is 0 Å². The van der Waals surface area contributed by atoms with Crippen molar-refractivity contribution in [3.8, 4) is 28.9 Å². The molecular formula is C24H26N6O3S. The van der Waals surface area contributed by atoms with Gasteiger partial charge in [0.1, 0.15) is 5.75 Å². The Morgan fingerprint density at radius 3 is 2.65 bits per heavy atom. The number of aryl methyl sites for hydroxylation is 1. The van der Waals surface area contributed by atoms with Crippen molar-refractivity contribution in [2.24, 2.45) is 0 Å². The van der Waals surface area contributed by atoms with E-state index in [0.29, 0.717) is 29.9 Å². The molecule has 0 aliphatic carbocycles. The third-order valence-corrected chi connectivity index (χ3v) is 6.10. The maximum Gasteiger partial charge on any atom is 0.296 e. The molecule has 1 N–H and O–H groups in total. The molecule has 0 spiro atoms. The first-order valence-corrected chi connectivity index (χ1v) is 12.0. The van der Waals surface area contributed by atoms with E-state index in [9.17, 15) is 4.79 Å². The minimum atomic E-state index is -0.0372. The van der Waals surface area contributed by atoms with Crippen molar-refractivity contribution in [2.75, 3.05) is 19.4 Å². The highest BCUT2D eigenvalue weighted by atomic mass is 32.2. The Labute approximate surface area is 201 Å². The van der Waals surface area contributed by atoms with Crippen LogP contribution in [0.2, 0.25) is 0 Å². The first kappa shape index (κ1) is 23.5. The highest BCUT2D eigenvalue weighted by Gasteiger charge is 2.20. The van der Waals surface area contributed by atoms with Crippen molar-refractivity contribution >= 4 is 17.7 Å². The van der Waals surface area contributed by atoms with E-state index in [1.165, 1.54) is 17.3 Å². The summed E-state index contributed by atoms with van der Waals surface area (Å²) in [6, 6.07) is 17.6. The smallest absolute Gasteiger partial charge is 0.296 e. The van der Waals surface area contributed by atoms with Crippen molar-refractivity contribution in [2.45, 2.75) is 31.5 Å². The second-order valence-electron chi connectivity index (χ2n) is 7.43. The van der Waals surface area contributed by atoms with Gasteiger partial charge < -0.3 is 14.6 Å². The average Bonchev–Trinajstić information content (AvgIpc) is 3.53. The number of ether oxygens (including phenoxy) is 1. The van der Waals surface area contributed by atoms with E-state index in [4.69, 9.17) is 9.26 Å². The lowest BCUT2D eigenvalue weighted by molar-refractivity contribution is -0.118. The van der Waals surface area contributed by atoms with E-state index in [2.05, 4.69) is 37.8 Å². The minimum Gasteiger partial charge on any atom is -0.497 e. The summed E-state index contributed by atoms with van der Waals surface area (Å²) in [4.78, 5) is 16.7. The largest absolute Gasteiger partial charge is 0.497 e. The summed E-state index contributed by atoms with van der Waals surface area (Å²) in [6.07, 6.45) is 1.83. The van der Waals surface area contributed by atoms with Crippen LogP contribution >= 0.6 is 11.8 Å².